The van der Waals surface area contributed by atoms with Gasteiger partial charge in [-0.05, 0) is 12.3 Å². The van der Waals surface area contributed by atoms with Crippen LogP contribution >= 0.6 is 0 Å². The lowest BCUT2D eigenvalue weighted by atomic mass is 10.2. The Labute approximate surface area is 67.9 Å². The fraction of sp³-hybridized carbons (Fsp3) is 1.00. The molecule has 0 aromatic heterocycles. The number of rotatable bonds is 3. The first-order valence-corrected chi connectivity index (χ1v) is 5.76. The molecule has 0 aliphatic heterocycles. The Morgan fingerprint density at radius 2 is 2.18 bits per heavy atom. The molecule has 0 saturated heterocycles. The Balaban J connectivity index is 2.84. The Bertz CT molecular complexity index is 247. The zero-order valence-corrected chi connectivity index (χ0v) is 7.82. The lowest BCUT2D eigenvalue weighted by molar-refractivity contribution is 0.571. The number of hydrogen-bond acceptors (Lipinski definition) is 3. The first-order valence-electron chi connectivity index (χ1n) is 3.87. The van der Waals surface area contributed by atoms with E-state index in [9.17, 15) is 8.42 Å². The van der Waals surface area contributed by atoms with Crippen LogP contribution in [0.4, 0.5) is 0 Å². The van der Waals surface area contributed by atoms with Crippen LogP contribution < -0.4 is 5.73 Å². The van der Waals surface area contributed by atoms with E-state index >= 15 is 0 Å². The van der Waals surface area contributed by atoms with Crippen LogP contribution in [0.1, 0.15) is 19.8 Å². The third-order valence-electron chi connectivity index (χ3n) is 2.75. The van der Waals surface area contributed by atoms with E-state index in [4.69, 9.17) is 5.73 Å². The van der Waals surface area contributed by atoms with Crippen LogP contribution in [0.25, 0.3) is 0 Å². The fourth-order valence-electron chi connectivity index (χ4n) is 1.73. The normalized spacial score (nSPS) is 37.2. The minimum atomic E-state index is -2.93. The third-order valence-corrected chi connectivity index (χ3v) is 4.90. The van der Waals surface area contributed by atoms with Gasteiger partial charge in [-0.2, -0.15) is 0 Å². The van der Waals surface area contributed by atoms with Gasteiger partial charge in [-0.3, -0.25) is 0 Å². The highest BCUT2D eigenvalue weighted by Gasteiger charge is 2.59. The van der Waals surface area contributed by atoms with Crippen LogP contribution in [-0.4, -0.2) is 26.0 Å². The molecule has 1 saturated carbocycles. The number of hydrogen-bond donors (Lipinski definition) is 1. The summed E-state index contributed by atoms with van der Waals surface area (Å²) in [4.78, 5) is 0. The molecule has 3 nitrogen and oxygen atoms in total. The van der Waals surface area contributed by atoms with Crippen molar-refractivity contribution in [2.75, 3.05) is 12.8 Å². The number of sulfone groups is 1. The van der Waals surface area contributed by atoms with Crippen LogP contribution in [0.2, 0.25) is 0 Å². The van der Waals surface area contributed by atoms with Crippen molar-refractivity contribution >= 4 is 9.84 Å². The van der Waals surface area contributed by atoms with Gasteiger partial charge < -0.3 is 5.73 Å². The van der Waals surface area contributed by atoms with Gasteiger partial charge in [-0.1, -0.05) is 13.3 Å². The minimum absolute atomic E-state index is 0.282. The van der Waals surface area contributed by atoms with E-state index in [0.717, 1.165) is 12.8 Å². The molecule has 4 heteroatoms. The Morgan fingerprint density at radius 3 is 2.27 bits per heavy atom. The molecule has 1 fully saturated rings. The second-order valence-electron chi connectivity index (χ2n) is 3.35. The fourth-order valence-corrected chi connectivity index (χ4v) is 3.31. The van der Waals surface area contributed by atoms with E-state index in [0.29, 0.717) is 5.92 Å². The highest BCUT2D eigenvalue weighted by Crippen LogP contribution is 2.50. The van der Waals surface area contributed by atoms with Gasteiger partial charge in [0.25, 0.3) is 0 Å². The summed E-state index contributed by atoms with van der Waals surface area (Å²) in [6, 6.07) is 0. The molecule has 2 atom stereocenters. The second-order valence-corrected chi connectivity index (χ2v) is 5.71. The molecule has 0 aromatic carbocycles. The summed E-state index contributed by atoms with van der Waals surface area (Å²) in [7, 11) is -2.93. The van der Waals surface area contributed by atoms with Crippen LogP contribution in [0.5, 0.6) is 0 Å². The molecule has 0 spiro atoms. The maximum Gasteiger partial charge on any atom is 0.154 e. The van der Waals surface area contributed by atoms with E-state index in [-0.39, 0.29) is 6.54 Å². The molecule has 0 amide bonds. The molecule has 1 rings (SSSR count). The Hall–Kier alpha value is -0.0900. The predicted octanol–water partition coefficient (Wildman–Crippen LogP) is 0.158. The summed E-state index contributed by atoms with van der Waals surface area (Å²) in [5, 5.41) is 0. The van der Waals surface area contributed by atoms with Gasteiger partial charge in [0.15, 0.2) is 9.84 Å². The molecule has 11 heavy (non-hydrogen) atoms. The maximum absolute atomic E-state index is 11.2. The van der Waals surface area contributed by atoms with E-state index in [1.54, 1.807) is 0 Å². The summed E-state index contributed by atoms with van der Waals surface area (Å²) in [5.74, 6) is 0.308. The molecule has 0 bridgehead atoms. The van der Waals surface area contributed by atoms with Gasteiger partial charge in [0.1, 0.15) is 0 Å². The molecule has 66 valence electrons. The van der Waals surface area contributed by atoms with Crippen molar-refractivity contribution in [3.63, 3.8) is 0 Å². The van der Waals surface area contributed by atoms with Crippen LogP contribution in [-0.2, 0) is 9.84 Å². The second kappa shape index (κ2) is 2.45. The van der Waals surface area contributed by atoms with Gasteiger partial charge in [0.2, 0.25) is 0 Å². The predicted molar refractivity (Wildman–Crippen MR) is 45.0 cm³/mol. The van der Waals surface area contributed by atoms with Crippen LogP contribution in [0.3, 0.4) is 0 Å². The molecule has 2 N–H and O–H groups in total. The Morgan fingerprint density at radius 1 is 1.64 bits per heavy atom. The highest BCUT2D eigenvalue weighted by molar-refractivity contribution is 7.92. The van der Waals surface area contributed by atoms with Gasteiger partial charge in [0, 0.05) is 12.8 Å². The Kier molecular flexibility index (Phi) is 2.01. The van der Waals surface area contributed by atoms with Crippen molar-refractivity contribution in [1.82, 2.24) is 0 Å². The largest absolute Gasteiger partial charge is 0.329 e. The van der Waals surface area contributed by atoms with Crippen LogP contribution in [0, 0.1) is 5.92 Å². The van der Waals surface area contributed by atoms with Gasteiger partial charge in [0.05, 0.1) is 4.75 Å². The lowest BCUT2D eigenvalue weighted by Gasteiger charge is -2.11. The average molecular weight is 177 g/mol. The zero-order valence-electron chi connectivity index (χ0n) is 7.00. The van der Waals surface area contributed by atoms with Gasteiger partial charge >= 0.3 is 0 Å². The summed E-state index contributed by atoms with van der Waals surface area (Å²) in [6.45, 7) is 2.29. The van der Waals surface area contributed by atoms with E-state index in [1.807, 2.05) is 6.92 Å². The topological polar surface area (TPSA) is 60.2 Å². The lowest BCUT2D eigenvalue weighted by Crippen LogP contribution is -2.33. The van der Waals surface area contributed by atoms with E-state index in [1.165, 1.54) is 6.26 Å². The van der Waals surface area contributed by atoms with Crippen molar-refractivity contribution in [2.24, 2.45) is 11.7 Å². The highest BCUT2D eigenvalue weighted by atomic mass is 32.2. The first-order chi connectivity index (χ1) is 4.98. The van der Waals surface area contributed by atoms with Gasteiger partial charge in [-0.25, -0.2) is 8.42 Å². The molecular formula is C7H15NO2S. The van der Waals surface area contributed by atoms with Crippen molar-refractivity contribution in [1.29, 1.82) is 0 Å². The molecule has 0 aromatic rings. The standard InChI is InChI=1S/C7H15NO2S/c1-3-6-4-7(6,5-8)11(2,9)10/h6H,3-5,8H2,1-2H3. The van der Waals surface area contributed by atoms with Crippen molar-refractivity contribution < 1.29 is 8.42 Å². The molecule has 2 unspecified atom stereocenters. The molecule has 0 heterocycles. The molecule has 1 aliphatic carbocycles. The van der Waals surface area contributed by atoms with E-state index < -0.39 is 14.6 Å². The smallest absolute Gasteiger partial charge is 0.154 e. The minimum Gasteiger partial charge on any atom is -0.329 e. The summed E-state index contributed by atoms with van der Waals surface area (Å²) < 4.78 is 21.9. The summed E-state index contributed by atoms with van der Waals surface area (Å²) in [5.41, 5.74) is 5.44. The third kappa shape index (κ3) is 1.18. The quantitative estimate of drug-likeness (QED) is 0.668. The van der Waals surface area contributed by atoms with E-state index in [2.05, 4.69) is 0 Å². The van der Waals surface area contributed by atoms with Crippen LogP contribution in [0.15, 0.2) is 0 Å². The monoisotopic (exact) mass is 177 g/mol. The van der Waals surface area contributed by atoms with Crippen molar-refractivity contribution in [2.45, 2.75) is 24.5 Å². The number of nitrogens with two attached hydrogens (primary N) is 1. The molecule has 0 radical (unpaired) electrons. The van der Waals surface area contributed by atoms with Gasteiger partial charge in [-0.15, -0.1) is 0 Å². The first kappa shape index (κ1) is 9.00. The average Bonchev–Trinajstić information content (AvgIpc) is 2.60. The maximum atomic E-state index is 11.2. The molecule has 1 aliphatic rings. The summed E-state index contributed by atoms with van der Waals surface area (Å²) in [6.07, 6.45) is 2.97. The zero-order chi connectivity index (χ0) is 8.70. The molecular weight excluding hydrogens is 162 g/mol. The van der Waals surface area contributed by atoms with Crippen molar-refractivity contribution in [3.05, 3.63) is 0 Å². The van der Waals surface area contributed by atoms with Crippen molar-refractivity contribution in [3.8, 4) is 0 Å². The summed E-state index contributed by atoms with van der Waals surface area (Å²) >= 11 is 0. The SMILES string of the molecule is CCC1CC1(CN)S(C)(=O)=O.